The molecule has 0 atom stereocenters. The normalized spacial score (nSPS) is 13.3. The SMILES string of the molecule is CC(C)(C)C1=CN(c2cc(-c3ccccc3)cc(C(C)(C)c3ccccc3)c2)[CH-]N1c1[c-]c(Oc2[c-]c3c(c(C(C)(C)c4ccccc4)c2)c2ccccc2n3-c2cc(C(C)(C)C)ccn2)cc(-c2ccccc2)c1.[Pt]. The molecule has 384 valence electrons. The van der Waals surface area contributed by atoms with Crippen molar-refractivity contribution in [3.05, 3.63) is 259 Å². The third-order valence-corrected chi connectivity index (χ3v) is 15.2. The largest absolute Gasteiger partial charge is 0.509 e. The van der Waals surface area contributed by atoms with E-state index >= 15 is 0 Å². The van der Waals surface area contributed by atoms with Crippen molar-refractivity contribution in [1.82, 2.24) is 9.55 Å². The van der Waals surface area contributed by atoms with E-state index in [1.165, 1.54) is 27.8 Å². The summed E-state index contributed by atoms with van der Waals surface area (Å²) in [7, 11) is 0. The number of anilines is 2. The molecule has 0 saturated heterocycles. The second-order valence-corrected chi connectivity index (χ2v) is 23.1. The van der Waals surface area contributed by atoms with Crippen molar-refractivity contribution in [3.63, 3.8) is 0 Å². The van der Waals surface area contributed by atoms with Gasteiger partial charge in [-0.2, -0.15) is 0 Å². The molecule has 0 spiro atoms. The Morgan fingerprint density at radius 2 is 1.05 bits per heavy atom. The standard InChI is InChI=1S/C70H65N4O.Pt/c1-67(2,3)54-35-36-71-65(42-54)74-62-34-24-23-33-60(62)66-61(70(9,10)53-31-21-14-22-32-53)44-59(45-63(66)74)75-58-40-51(49-27-17-12-18-28-49)39-57(43-58)73-47-72(46-64(73)68(4,5)6)56-38-50(48-25-15-11-16-26-48)37-55(41-56)69(7,8)52-29-19-13-20-30-52;/h11-42,44,46-47H,1-10H3;/q-3;. The molecule has 0 fully saturated rings. The van der Waals surface area contributed by atoms with Crippen molar-refractivity contribution in [2.45, 2.75) is 85.5 Å². The zero-order chi connectivity index (χ0) is 52.3. The van der Waals surface area contributed by atoms with E-state index in [2.05, 4.69) is 303 Å². The monoisotopic (exact) mass is 1170 g/mol. The maximum atomic E-state index is 7.26. The second kappa shape index (κ2) is 20.2. The van der Waals surface area contributed by atoms with Gasteiger partial charge in [-0.1, -0.05) is 226 Å². The van der Waals surface area contributed by atoms with Crippen LogP contribution < -0.4 is 14.5 Å². The Morgan fingerprint density at radius 1 is 0.487 bits per heavy atom. The molecule has 3 heterocycles. The van der Waals surface area contributed by atoms with Gasteiger partial charge in [0.05, 0.1) is 0 Å². The zero-order valence-corrected chi connectivity index (χ0v) is 47.5. The van der Waals surface area contributed by atoms with Crippen LogP contribution in [-0.4, -0.2) is 9.55 Å². The molecule has 10 aromatic rings. The summed E-state index contributed by atoms with van der Waals surface area (Å²) < 4.78 is 9.52. The number of hydrogen-bond acceptors (Lipinski definition) is 4. The molecule has 6 heteroatoms. The number of hydrogen-bond donors (Lipinski definition) is 0. The first-order valence-electron chi connectivity index (χ1n) is 26.2. The summed E-state index contributed by atoms with van der Waals surface area (Å²) >= 11 is 0. The Kier molecular flexibility index (Phi) is 13.9. The fraction of sp³-hybridized carbons (Fsp3) is 0.200. The Balaban J connectivity index is 0.00000657. The van der Waals surface area contributed by atoms with E-state index < -0.39 is 5.41 Å². The average Bonchev–Trinajstić information content (AvgIpc) is 4.07. The fourth-order valence-electron chi connectivity index (χ4n) is 10.7. The topological polar surface area (TPSA) is 33.5 Å². The molecule has 0 N–H and O–H groups in total. The smallest absolute Gasteiger partial charge is 0.135 e. The van der Waals surface area contributed by atoms with E-state index in [0.717, 1.165) is 66.9 Å². The van der Waals surface area contributed by atoms with Crippen LogP contribution in [0.3, 0.4) is 0 Å². The van der Waals surface area contributed by atoms with E-state index in [1.807, 2.05) is 6.20 Å². The minimum atomic E-state index is -0.433. The van der Waals surface area contributed by atoms with Crippen LogP contribution in [0.15, 0.2) is 212 Å². The predicted molar refractivity (Wildman–Crippen MR) is 313 cm³/mol. The van der Waals surface area contributed by atoms with E-state index in [9.17, 15) is 0 Å². The summed E-state index contributed by atoms with van der Waals surface area (Å²) in [5.74, 6) is 2.01. The number of rotatable bonds is 11. The van der Waals surface area contributed by atoms with Gasteiger partial charge in [-0.3, -0.25) is 0 Å². The zero-order valence-electron chi connectivity index (χ0n) is 45.2. The van der Waals surface area contributed by atoms with Crippen LogP contribution >= 0.6 is 0 Å². The minimum Gasteiger partial charge on any atom is -0.509 e. The number of para-hydroxylation sites is 1. The Bertz CT molecular complexity index is 3730. The molecular formula is C70H65N4OPt-3. The van der Waals surface area contributed by atoms with Crippen molar-refractivity contribution in [2.24, 2.45) is 5.41 Å². The van der Waals surface area contributed by atoms with Gasteiger partial charge in [0, 0.05) is 66.5 Å². The summed E-state index contributed by atoms with van der Waals surface area (Å²) in [6.07, 6.45) is 4.21. The van der Waals surface area contributed by atoms with Crippen LogP contribution in [0.4, 0.5) is 11.4 Å². The Labute approximate surface area is 464 Å². The maximum absolute atomic E-state index is 7.26. The van der Waals surface area contributed by atoms with Crippen LogP contribution in [0.1, 0.15) is 97.1 Å². The maximum Gasteiger partial charge on any atom is 0.135 e. The molecule has 0 amide bonds. The molecule has 1 aliphatic rings. The Morgan fingerprint density at radius 3 is 1.67 bits per heavy atom. The number of pyridine rings is 1. The molecule has 0 bridgehead atoms. The van der Waals surface area contributed by atoms with Gasteiger partial charge >= 0.3 is 0 Å². The molecule has 0 unspecified atom stereocenters. The number of ether oxygens (including phenoxy) is 1. The first kappa shape index (κ1) is 52.0. The van der Waals surface area contributed by atoms with Crippen molar-refractivity contribution >= 4 is 33.2 Å². The van der Waals surface area contributed by atoms with Gasteiger partial charge < -0.3 is 19.1 Å². The molecule has 5 nitrogen and oxygen atoms in total. The number of fused-ring (bicyclic) bond motifs is 3. The van der Waals surface area contributed by atoms with Gasteiger partial charge in [-0.15, -0.1) is 53.8 Å². The first-order chi connectivity index (χ1) is 35.9. The number of nitrogens with zero attached hydrogens (tertiary/aromatic N) is 4. The molecule has 1 aliphatic heterocycles. The van der Waals surface area contributed by atoms with Crippen molar-refractivity contribution in [2.75, 3.05) is 9.80 Å². The third kappa shape index (κ3) is 9.94. The van der Waals surface area contributed by atoms with Gasteiger partial charge in [-0.25, -0.2) is 4.98 Å². The molecule has 76 heavy (non-hydrogen) atoms. The van der Waals surface area contributed by atoms with Crippen LogP contribution in [0.25, 0.3) is 49.9 Å². The molecular weight excluding hydrogens is 1110 g/mol. The van der Waals surface area contributed by atoms with E-state index in [-0.39, 0.29) is 37.3 Å². The summed E-state index contributed by atoms with van der Waals surface area (Å²) in [5, 5.41) is 2.26. The van der Waals surface area contributed by atoms with Gasteiger partial charge in [-0.05, 0) is 91.7 Å². The van der Waals surface area contributed by atoms with Crippen molar-refractivity contribution < 1.29 is 25.8 Å². The van der Waals surface area contributed by atoms with Gasteiger partial charge in [0.15, 0.2) is 0 Å². The summed E-state index contributed by atoms with van der Waals surface area (Å²) in [5.41, 5.74) is 14.5. The van der Waals surface area contributed by atoms with E-state index in [1.54, 1.807) is 0 Å². The quantitative estimate of drug-likeness (QED) is 0.121. The Hall–Kier alpha value is -7.46. The number of aromatic nitrogens is 2. The molecule has 0 saturated carbocycles. The van der Waals surface area contributed by atoms with Crippen molar-refractivity contribution in [3.8, 4) is 39.6 Å². The summed E-state index contributed by atoms with van der Waals surface area (Å²) in [4.78, 5) is 9.61. The third-order valence-electron chi connectivity index (χ3n) is 15.2. The summed E-state index contributed by atoms with van der Waals surface area (Å²) in [6, 6.07) is 77.1. The van der Waals surface area contributed by atoms with Gasteiger partial charge in [0.2, 0.25) is 0 Å². The minimum absolute atomic E-state index is 0. The van der Waals surface area contributed by atoms with Gasteiger partial charge in [0.1, 0.15) is 5.82 Å². The van der Waals surface area contributed by atoms with Crippen LogP contribution in [0.2, 0.25) is 0 Å². The predicted octanol–water partition coefficient (Wildman–Crippen LogP) is 18.2. The first-order valence-corrected chi connectivity index (χ1v) is 26.2. The summed E-state index contributed by atoms with van der Waals surface area (Å²) in [6.45, 7) is 25.0. The fourth-order valence-corrected chi connectivity index (χ4v) is 10.7. The van der Waals surface area contributed by atoms with Crippen LogP contribution in [-0.2, 0) is 37.3 Å². The number of allylic oxidation sites excluding steroid dienone is 1. The van der Waals surface area contributed by atoms with Crippen LogP contribution in [0, 0.1) is 24.2 Å². The van der Waals surface area contributed by atoms with Crippen molar-refractivity contribution in [1.29, 1.82) is 0 Å². The molecule has 0 radical (unpaired) electrons. The van der Waals surface area contributed by atoms with Gasteiger partial charge in [0.25, 0.3) is 0 Å². The molecule has 0 aliphatic carbocycles. The molecule has 11 rings (SSSR count). The van der Waals surface area contributed by atoms with E-state index in [0.29, 0.717) is 11.5 Å². The molecule has 8 aromatic carbocycles. The second-order valence-electron chi connectivity index (χ2n) is 23.1. The van der Waals surface area contributed by atoms with E-state index in [4.69, 9.17) is 9.72 Å². The number of benzene rings is 8. The average molecular weight is 1170 g/mol. The molecule has 2 aromatic heterocycles. The van der Waals surface area contributed by atoms with Crippen LogP contribution in [0.5, 0.6) is 11.5 Å².